The van der Waals surface area contributed by atoms with E-state index in [0.29, 0.717) is 0 Å². The maximum absolute atomic E-state index is 12.7. The Morgan fingerprint density at radius 3 is 2.20 bits per heavy atom. The van der Waals surface area contributed by atoms with E-state index in [2.05, 4.69) is 0 Å². The Morgan fingerprint density at radius 2 is 2.00 bits per heavy atom. The van der Waals surface area contributed by atoms with Crippen LogP contribution in [-0.2, 0) is 4.79 Å². The summed E-state index contributed by atoms with van der Waals surface area (Å²) in [6, 6.07) is -0.0615. The van der Waals surface area contributed by atoms with E-state index in [0.717, 1.165) is 0 Å². The van der Waals surface area contributed by atoms with E-state index in [9.17, 15) is 18.0 Å². The van der Waals surface area contributed by atoms with Gasteiger partial charge in [0.1, 0.15) is 0 Å². The first-order valence-electron chi connectivity index (χ1n) is 4.75. The van der Waals surface area contributed by atoms with Gasteiger partial charge in [0.15, 0.2) is 5.41 Å². The van der Waals surface area contributed by atoms with Crippen molar-refractivity contribution in [1.29, 1.82) is 0 Å². The predicted molar refractivity (Wildman–Crippen MR) is 47.4 cm³/mol. The SMILES string of the molecule is CC(C)N1CCC(C(=O)O)(C(F)(F)F)C1. The Morgan fingerprint density at radius 1 is 1.47 bits per heavy atom. The molecular formula is C9H14F3NO2. The molecule has 0 aromatic carbocycles. The maximum Gasteiger partial charge on any atom is 0.406 e. The van der Waals surface area contributed by atoms with Crippen molar-refractivity contribution < 1.29 is 23.1 Å². The quantitative estimate of drug-likeness (QED) is 0.778. The molecule has 1 N–H and O–H groups in total. The molecule has 1 aliphatic rings. The minimum absolute atomic E-state index is 0.0615. The van der Waals surface area contributed by atoms with Crippen LogP contribution in [0.15, 0.2) is 0 Å². The summed E-state index contributed by atoms with van der Waals surface area (Å²) in [5.74, 6) is -1.77. The summed E-state index contributed by atoms with van der Waals surface area (Å²) in [6.45, 7) is 3.26. The highest BCUT2D eigenvalue weighted by molar-refractivity contribution is 5.76. The molecule has 1 aliphatic heterocycles. The van der Waals surface area contributed by atoms with Gasteiger partial charge in [0, 0.05) is 12.6 Å². The van der Waals surface area contributed by atoms with Crippen molar-refractivity contribution in [3.8, 4) is 0 Å². The van der Waals surface area contributed by atoms with Gasteiger partial charge in [-0.25, -0.2) is 0 Å². The molecule has 0 spiro atoms. The summed E-state index contributed by atoms with van der Waals surface area (Å²) in [6.07, 6.45) is -5.04. The van der Waals surface area contributed by atoms with Gasteiger partial charge in [-0.05, 0) is 26.8 Å². The average molecular weight is 225 g/mol. The Hall–Kier alpha value is -0.780. The van der Waals surface area contributed by atoms with Gasteiger partial charge in [-0.15, -0.1) is 0 Å². The lowest BCUT2D eigenvalue weighted by atomic mass is 9.86. The van der Waals surface area contributed by atoms with Crippen LogP contribution in [0, 0.1) is 5.41 Å². The number of likely N-dealkylation sites (tertiary alicyclic amines) is 1. The average Bonchev–Trinajstić information content (AvgIpc) is 2.46. The molecule has 0 aromatic rings. The van der Waals surface area contributed by atoms with Crippen molar-refractivity contribution in [2.45, 2.75) is 32.5 Å². The van der Waals surface area contributed by atoms with Gasteiger partial charge in [0.2, 0.25) is 0 Å². The lowest BCUT2D eigenvalue weighted by Gasteiger charge is -2.28. The van der Waals surface area contributed by atoms with Gasteiger partial charge in [0.25, 0.3) is 0 Å². The van der Waals surface area contributed by atoms with E-state index in [1.165, 1.54) is 0 Å². The van der Waals surface area contributed by atoms with Gasteiger partial charge < -0.3 is 5.11 Å². The third-order valence-corrected chi connectivity index (χ3v) is 2.98. The lowest BCUT2D eigenvalue weighted by molar-refractivity contribution is -0.227. The number of hydrogen-bond donors (Lipinski definition) is 1. The van der Waals surface area contributed by atoms with Gasteiger partial charge in [-0.1, -0.05) is 0 Å². The number of carboxylic acids is 1. The molecular weight excluding hydrogens is 211 g/mol. The molecule has 1 atom stereocenters. The lowest BCUT2D eigenvalue weighted by Crippen LogP contribution is -2.47. The number of aliphatic carboxylic acids is 1. The van der Waals surface area contributed by atoms with Crippen LogP contribution >= 0.6 is 0 Å². The van der Waals surface area contributed by atoms with Crippen molar-refractivity contribution in [2.75, 3.05) is 13.1 Å². The molecule has 0 aliphatic carbocycles. The van der Waals surface area contributed by atoms with Crippen molar-refractivity contribution in [2.24, 2.45) is 5.41 Å². The molecule has 0 saturated carbocycles. The number of rotatable bonds is 2. The van der Waals surface area contributed by atoms with Crippen LogP contribution in [0.4, 0.5) is 13.2 Å². The van der Waals surface area contributed by atoms with Crippen LogP contribution in [0.2, 0.25) is 0 Å². The number of carboxylic acid groups (broad SMARTS) is 1. The van der Waals surface area contributed by atoms with Crippen LogP contribution in [0.1, 0.15) is 20.3 Å². The highest BCUT2D eigenvalue weighted by atomic mass is 19.4. The molecule has 1 rings (SSSR count). The third-order valence-electron chi connectivity index (χ3n) is 2.98. The molecule has 88 valence electrons. The molecule has 1 saturated heterocycles. The van der Waals surface area contributed by atoms with E-state index in [4.69, 9.17) is 5.11 Å². The summed E-state index contributed by atoms with van der Waals surface area (Å²) in [5.41, 5.74) is -2.57. The highest BCUT2D eigenvalue weighted by Gasteiger charge is 2.63. The highest BCUT2D eigenvalue weighted by Crippen LogP contribution is 2.46. The molecule has 1 heterocycles. The molecule has 0 amide bonds. The Balaban J connectivity index is 2.94. The van der Waals surface area contributed by atoms with Gasteiger partial charge in [0.05, 0.1) is 0 Å². The molecule has 6 heteroatoms. The third kappa shape index (κ3) is 1.95. The summed E-state index contributed by atoms with van der Waals surface area (Å²) in [7, 11) is 0. The zero-order chi connectivity index (χ0) is 11.9. The fourth-order valence-electron chi connectivity index (χ4n) is 1.81. The predicted octanol–water partition coefficient (Wildman–Crippen LogP) is 1.73. The molecule has 0 aromatic heterocycles. The summed E-state index contributed by atoms with van der Waals surface area (Å²) in [5, 5.41) is 8.75. The van der Waals surface area contributed by atoms with Gasteiger partial charge in [-0.2, -0.15) is 13.2 Å². The smallest absolute Gasteiger partial charge is 0.406 e. The van der Waals surface area contributed by atoms with Crippen LogP contribution in [0.5, 0.6) is 0 Å². The number of carbonyl (C=O) groups is 1. The molecule has 3 nitrogen and oxygen atoms in total. The first kappa shape index (κ1) is 12.3. The first-order chi connectivity index (χ1) is 6.71. The molecule has 15 heavy (non-hydrogen) atoms. The van der Waals surface area contributed by atoms with Crippen molar-refractivity contribution in [3.05, 3.63) is 0 Å². The van der Waals surface area contributed by atoms with Crippen LogP contribution in [0.3, 0.4) is 0 Å². The molecule has 0 radical (unpaired) electrons. The second kappa shape index (κ2) is 3.66. The van der Waals surface area contributed by atoms with E-state index in [1.807, 2.05) is 0 Å². The Bertz CT molecular complexity index is 265. The number of halogens is 3. The number of hydrogen-bond acceptors (Lipinski definition) is 2. The van der Waals surface area contributed by atoms with Crippen LogP contribution < -0.4 is 0 Å². The standard InChI is InChI=1S/C9H14F3NO2/c1-6(2)13-4-3-8(5-13,7(14)15)9(10,11)12/h6H,3-5H2,1-2H3,(H,14,15). The van der Waals surface area contributed by atoms with Gasteiger partial charge >= 0.3 is 12.1 Å². The summed E-state index contributed by atoms with van der Waals surface area (Å²) >= 11 is 0. The second-order valence-corrected chi connectivity index (χ2v) is 4.20. The topological polar surface area (TPSA) is 40.5 Å². The zero-order valence-electron chi connectivity index (χ0n) is 8.64. The van der Waals surface area contributed by atoms with Crippen LogP contribution in [-0.4, -0.2) is 41.3 Å². The molecule has 0 bridgehead atoms. The fourth-order valence-corrected chi connectivity index (χ4v) is 1.81. The minimum atomic E-state index is -4.68. The minimum Gasteiger partial charge on any atom is -0.481 e. The second-order valence-electron chi connectivity index (χ2n) is 4.20. The van der Waals surface area contributed by atoms with E-state index >= 15 is 0 Å². The number of nitrogens with zero attached hydrogens (tertiary/aromatic N) is 1. The van der Waals surface area contributed by atoms with Crippen molar-refractivity contribution in [1.82, 2.24) is 4.90 Å². The van der Waals surface area contributed by atoms with E-state index < -0.39 is 24.1 Å². The monoisotopic (exact) mass is 225 g/mol. The van der Waals surface area contributed by atoms with Crippen LogP contribution in [0.25, 0.3) is 0 Å². The van der Waals surface area contributed by atoms with Crippen molar-refractivity contribution in [3.63, 3.8) is 0 Å². The van der Waals surface area contributed by atoms with E-state index in [-0.39, 0.29) is 19.0 Å². The normalized spacial score (nSPS) is 28.7. The first-order valence-corrected chi connectivity index (χ1v) is 4.75. The fraction of sp³-hybridized carbons (Fsp3) is 0.889. The summed E-state index contributed by atoms with van der Waals surface area (Å²) < 4.78 is 38.1. The van der Waals surface area contributed by atoms with Crippen molar-refractivity contribution >= 4 is 5.97 Å². The Labute approximate surface area is 85.9 Å². The zero-order valence-corrected chi connectivity index (χ0v) is 8.64. The Kier molecular flexibility index (Phi) is 3.00. The molecule has 1 fully saturated rings. The largest absolute Gasteiger partial charge is 0.481 e. The maximum atomic E-state index is 12.7. The summed E-state index contributed by atoms with van der Waals surface area (Å²) in [4.78, 5) is 12.3. The molecule has 1 unspecified atom stereocenters. The van der Waals surface area contributed by atoms with E-state index in [1.54, 1.807) is 18.7 Å². The number of alkyl halides is 3. The van der Waals surface area contributed by atoms with Gasteiger partial charge in [-0.3, -0.25) is 9.69 Å².